The second-order valence-corrected chi connectivity index (χ2v) is 7.16. The predicted octanol–water partition coefficient (Wildman–Crippen LogP) is 0.997. The van der Waals surface area contributed by atoms with Crippen LogP contribution in [0.4, 0.5) is 8.78 Å². The number of halogens is 2. The Balaban J connectivity index is 3.04. The number of alkyl halides is 2. The van der Waals surface area contributed by atoms with Crippen molar-refractivity contribution in [1.82, 2.24) is 0 Å². The van der Waals surface area contributed by atoms with Crippen LogP contribution >= 0.6 is 0 Å². The van der Waals surface area contributed by atoms with E-state index in [-0.39, 0.29) is 16.9 Å². The summed E-state index contributed by atoms with van der Waals surface area (Å²) in [6.07, 6.45) is 0.484. The van der Waals surface area contributed by atoms with Crippen LogP contribution in [0.25, 0.3) is 0 Å². The van der Waals surface area contributed by atoms with Crippen molar-refractivity contribution >= 4 is 26.5 Å². The maximum atomic E-state index is 13.0. The van der Waals surface area contributed by atoms with E-state index in [4.69, 9.17) is 4.55 Å². The van der Waals surface area contributed by atoms with Crippen LogP contribution in [0.2, 0.25) is 0 Å². The number of hydrogen-bond acceptors (Lipinski definition) is 6. The highest BCUT2D eigenvalue weighted by atomic mass is 32.2. The Hall–Kier alpha value is -1.59. The highest BCUT2D eigenvalue weighted by Crippen LogP contribution is 2.26. The molecule has 0 atom stereocenters. The van der Waals surface area contributed by atoms with Crippen molar-refractivity contribution in [1.29, 1.82) is 0 Å². The fourth-order valence-corrected chi connectivity index (χ4v) is 3.25. The molecule has 7 nitrogen and oxygen atoms in total. The van der Waals surface area contributed by atoms with Crippen LogP contribution in [-0.4, -0.2) is 38.7 Å². The van der Waals surface area contributed by atoms with Crippen molar-refractivity contribution in [3.05, 3.63) is 29.3 Å². The summed E-state index contributed by atoms with van der Waals surface area (Å²) in [7, 11) is -10.9. The lowest BCUT2D eigenvalue weighted by atomic mass is 10.1. The van der Waals surface area contributed by atoms with Crippen molar-refractivity contribution in [3.63, 3.8) is 0 Å². The van der Waals surface area contributed by atoms with Gasteiger partial charge in [0.15, 0.2) is 5.75 Å². The number of benzene rings is 1. The van der Waals surface area contributed by atoms with E-state index in [0.29, 0.717) is 6.29 Å². The number of hydrogen-bond donors (Lipinski definition) is 1. The molecule has 21 heavy (non-hydrogen) atoms. The van der Waals surface area contributed by atoms with E-state index in [1.807, 2.05) is 0 Å². The molecule has 1 aromatic rings. The third kappa shape index (κ3) is 4.44. The van der Waals surface area contributed by atoms with E-state index >= 15 is 0 Å². The molecule has 1 rings (SSSR count). The quantitative estimate of drug-likeness (QED) is 0.465. The van der Waals surface area contributed by atoms with Gasteiger partial charge in [-0.3, -0.25) is 9.35 Å². The number of aldehydes is 1. The van der Waals surface area contributed by atoms with Gasteiger partial charge in [0.1, 0.15) is 12.0 Å². The molecule has 0 saturated heterocycles. The van der Waals surface area contributed by atoms with Crippen molar-refractivity contribution in [2.24, 2.45) is 0 Å². The smallest absolute Gasteiger partial charge is 0.382 e. The van der Waals surface area contributed by atoms with Gasteiger partial charge in [0.05, 0.1) is 0 Å². The molecule has 0 aromatic heterocycles. The third-order valence-corrected chi connectivity index (χ3v) is 4.51. The van der Waals surface area contributed by atoms with E-state index in [0.717, 1.165) is 6.07 Å². The molecule has 0 unspecified atom stereocenters. The van der Waals surface area contributed by atoms with Crippen LogP contribution in [0.1, 0.15) is 15.9 Å². The molecule has 0 aliphatic rings. The second-order valence-electron chi connectivity index (χ2n) is 4.04. The van der Waals surface area contributed by atoms with Gasteiger partial charge in [0.2, 0.25) is 0 Å². The molecule has 0 spiro atoms. The molecule has 0 radical (unpaired) electrons. The zero-order valence-corrected chi connectivity index (χ0v) is 12.1. The van der Waals surface area contributed by atoms with Crippen LogP contribution in [0.15, 0.2) is 18.2 Å². The Morgan fingerprint density at radius 3 is 2.29 bits per heavy atom. The zero-order valence-electron chi connectivity index (χ0n) is 10.5. The topological polar surface area (TPSA) is 115 Å². The molecule has 0 bridgehead atoms. The molecular weight excluding hydrogens is 334 g/mol. The van der Waals surface area contributed by atoms with E-state index in [2.05, 4.69) is 4.18 Å². The van der Waals surface area contributed by atoms with Gasteiger partial charge in [-0.2, -0.15) is 25.6 Å². The summed E-state index contributed by atoms with van der Waals surface area (Å²) >= 11 is 0. The molecule has 0 fully saturated rings. The lowest BCUT2D eigenvalue weighted by Crippen LogP contribution is -2.37. The molecule has 0 aliphatic carbocycles. The summed E-state index contributed by atoms with van der Waals surface area (Å²) in [6, 6.07) is 3.49. The van der Waals surface area contributed by atoms with Crippen molar-refractivity contribution < 1.29 is 39.1 Å². The Morgan fingerprint density at radius 2 is 1.86 bits per heavy atom. The maximum absolute atomic E-state index is 13.0. The van der Waals surface area contributed by atoms with Crippen LogP contribution in [0.3, 0.4) is 0 Å². The van der Waals surface area contributed by atoms with Crippen molar-refractivity contribution in [2.75, 3.05) is 5.75 Å². The highest BCUT2D eigenvalue weighted by molar-refractivity contribution is 7.91. The van der Waals surface area contributed by atoms with Gasteiger partial charge in [-0.05, 0) is 30.7 Å². The average Bonchev–Trinajstić information content (AvgIpc) is 2.28. The molecule has 0 heterocycles. The van der Waals surface area contributed by atoms with Crippen molar-refractivity contribution in [3.8, 4) is 5.75 Å². The SMILES string of the molecule is Cc1cc(C=O)ccc1OS(=O)(=O)CC(F)(F)S(=O)(=O)O. The van der Waals surface area contributed by atoms with E-state index in [1.165, 1.54) is 19.1 Å². The van der Waals surface area contributed by atoms with Gasteiger partial charge in [-0.25, -0.2) is 0 Å². The summed E-state index contributed by atoms with van der Waals surface area (Å²) in [5.41, 5.74) is 0.374. The monoisotopic (exact) mass is 344 g/mol. The van der Waals surface area contributed by atoms with Gasteiger partial charge in [0.25, 0.3) is 0 Å². The van der Waals surface area contributed by atoms with Gasteiger partial charge in [-0.15, -0.1) is 0 Å². The molecule has 0 aliphatic heterocycles. The second kappa shape index (κ2) is 5.66. The van der Waals surface area contributed by atoms with Gasteiger partial charge >= 0.3 is 25.5 Å². The first-order chi connectivity index (χ1) is 9.38. The standard InChI is InChI=1S/C10H10F2O7S2/c1-7-4-8(5-13)2-3-9(7)19-20(14,15)6-10(11,12)21(16,17)18/h2-5H,6H2,1H3,(H,16,17,18). The summed E-state index contributed by atoms with van der Waals surface area (Å²) in [5, 5.41) is -4.90. The zero-order chi connectivity index (χ0) is 16.5. The van der Waals surface area contributed by atoms with Gasteiger partial charge in [0, 0.05) is 5.56 Å². The van der Waals surface area contributed by atoms with E-state index < -0.39 is 31.2 Å². The Morgan fingerprint density at radius 1 is 1.29 bits per heavy atom. The van der Waals surface area contributed by atoms with E-state index in [1.54, 1.807) is 0 Å². The number of carbonyl (C=O) groups excluding carboxylic acids is 1. The minimum atomic E-state index is -5.89. The lowest BCUT2D eigenvalue weighted by molar-refractivity contribution is 0.103. The first-order valence-corrected chi connectivity index (χ1v) is 8.22. The molecule has 1 aromatic carbocycles. The number of aryl methyl sites for hydroxylation is 1. The number of carbonyl (C=O) groups is 1. The molecular formula is C10H10F2O7S2. The van der Waals surface area contributed by atoms with Crippen LogP contribution < -0.4 is 4.18 Å². The molecule has 1 N–H and O–H groups in total. The van der Waals surface area contributed by atoms with Crippen molar-refractivity contribution in [2.45, 2.75) is 12.2 Å². The van der Waals surface area contributed by atoms with Crippen LogP contribution in [-0.2, 0) is 20.2 Å². The van der Waals surface area contributed by atoms with Gasteiger partial charge < -0.3 is 4.18 Å². The largest absolute Gasteiger partial charge is 0.387 e. The lowest BCUT2D eigenvalue weighted by Gasteiger charge is -2.14. The summed E-state index contributed by atoms with van der Waals surface area (Å²) in [5.74, 6) is -2.58. The minimum Gasteiger partial charge on any atom is -0.382 e. The maximum Gasteiger partial charge on any atom is 0.387 e. The first kappa shape index (κ1) is 17.5. The van der Waals surface area contributed by atoms with Crippen LogP contribution in [0, 0.1) is 6.92 Å². The average molecular weight is 344 g/mol. The summed E-state index contributed by atoms with van der Waals surface area (Å²) < 4.78 is 82.2. The molecule has 11 heteroatoms. The van der Waals surface area contributed by atoms with Gasteiger partial charge in [-0.1, -0.05) is 0 Å². The normalized spacial score (nSPS) is 13.0. The van der Waals surface area contributed by atoms with E-state index in [9.17, 15) is 30.4 Å². The number of rotatable bonds is 6. The molecule has 0 amide bonds. The first-order valence-electron chi connectivity index (χ1n) is 5.21. The Bertz CT molecular complexity index is 754. The fraction of sp³-hybridized carbons (Fsp3) is 0.300. The summed E-state index contributed by atoms with van der Waals surface area (Å²) in [4.78, 5) is 10.5. The predicted molar refractivity (Wildman–Crippen MR) is 67.5 cm³/mol. The molecule has 0 saturated carbocycles. The molecule has 118 valence electrons. The fourth-order valence-electron chi connectivity index (χ4n) is 1.29. The Labute approximate surface area is 119 Å². The highest BCUT2D eigenvalue weighted by Gasteiger charge is 2.49. The third-order valence-electron chi connectivity index (χ3n) is 2.27. The Kier molecular flexibility index (Phi) is 4.70. The summed E-state index contributed by atoms with van der Waals surface area (Å²) in [6.45, 7) is 1.36. The van der Waals surface area contributed by atoms with Crippen LogP contribution in [0.5, 0.6) is 5.75 Å². The minimum absolute atomic E-state index is 0.165.